The van der Waals surface area contributed by atoms with Crippen molar-refractivity contribution in [2.24, 2.45) is 0 Å². The molecule has 2 atom stereocenters. The average Bonchev–Trinajstić information content (AvgIpc) is 3.20. The number of ether oxygens (including phenoxy) is 2. The summed E-state index contributed by atoms with van der Waals surface area (Å²) in [7, 11) is 0. The molecule has 0 aliphatic carbocycles. The minimum absolute atomic E-state index is 0.333. The third-order valence-electron chi connectivity index (χ3n) is 4.16. The van der Waals surface area contributed by atoms with Crippen molar-refractivity contribution in [3.63, 3.8) is 0 Å². The summed E-state index contributed by atoms with van der Waals surface area (Å²) in [6.45, 7) is 6.34. The van der Waals surface area contributed by atoms with Crippen molar-refractivity contribution in [3.05, 3.63) is 11.7 Å². The Morgan fingerprint density at radius 2 is 1.76 bits per heavy atom. The van der Waals surface area contributed by atoms with E-state index in [0.29, 0.717) is 24.6 Å². The van der Waals surface area contributed by atoms with Gasteiger partial charge in [-0.3, -0.25) is 4.90 Å². The molecule has 0 bridgehead atoms. The molecule has 0 unspecified atom stereocenters. The fraction of sp³-hybridized carbons (Fsp3) is 0.867. The standard InChI is InChI=1S/C15H25N3O3/c1-2-14-16-15(21-17-14)11-18(9-12-5-3-7-19-12)10-13-6-4-8-20-13/h12-13H,2-11H2,1H3/t12-,13-/m0/s1. The zero-order valence-electron chi connectivity index (χ0n) is 12.8. The topological polar surface area (TPSA) is 60.6 Å². The van der Waals surface area contributed by atoms with Crippen molar-refractivity contribution in [1.82, 2.24) is 15.0 Å². The van der Waals surface area contributed by atoms with Crippen LogP contribution in [0.2, 0.25) is 0 Å². The third-order valence-corrected chi connectivity index (χ3v) is 4.16. The Morgan fingerprint density at radius 3 is 2.24 bits per heavy atom. The van der Waals surface area contributed by atoms with E-state index in [9.17, 15) is 0 Å². The fourth-order valence-electron chi connectivity index (χ4n) is 3.05. The van der Waals surface area contributed by atoms with Crippen LogP contribution in [0.3, 0.4) is 0 Å². The molecule has 0 aromatic carbocycles. The zero-order valence-corrected chi connectivity index (χ0v) is 12.8. The van der Waals surface area contributed by atoms with Crippen molar-refractivity contribution in [2.75, 3.05) is 26.3 Å². The van der Waals surface area contributed by atoms with Crippen molar-refractivity contribution >= 4 is 0 Å². The Morgan fingerprint density at radius 1 is 1.10 bits per heavy atom. The van der Waals surface area contributed by atoms with Gasteiger partial charge in [0, 0.05) is 32.7 Å². The van der Waals surface area contributed by atoms with Gasteiger partial charge in [-0.2, -0.15) is 4.98 Å². The molecule has 3 heterocycles. The predicted octanol–water partition coefficient (Wildman–Crippen LogP) is 1.79. The van der Waals surface area contributed by atoms with Crippen LogP contribution in [0.25, 0.3) is 0 Å². The van der Waals surface area contributed by atoms with Crippen molar-refractivity contribution in [3.8, 4) is 0 Å². The second kappa shape index (κ2) is 7.33. The van der Waals surface area contributed by atoms with Crippen molar-refractivity contribution in [1.29, 1.82) is 0 Å². The Kier molecular flexibility index (Phi) is 5.22. The fourth-order valence-corrected chi connectivity index (χ4v) is 3.05. The van der Waals surface area contributed by atoms with Gasteiger partial charge in [-0.25, -0.2) is 0 Å². The Labute approximate surface area is 125 Å². The molecule has 1 aromatic rings. The maximum Gasteiger partial charge on any atom is 0.240 e. The van der Waals surface area contributed by atoms with Gasteiger partial charge in [0.05, 0.1) is 18.8 Å². The van der Waals surface area contributed by atoms with Crippen LogP contribution in [0.15, 0.2) is 4.52 Å². The van der Waals surface area contributed by atoms with E-state index in [0.717, 1.165) is 51.4 Å². The van der Waals surface area contributed by atoms with Gasteiger partial charge in [0.15, 0.2) is 5.82 Å². The molecule has 0 radical (unpaired) electrons. The molecule has 118 valence electrons. The van der Waals surface area contributed by atoms with Crippen LogP contribution in [0, 0.1) is 0 Å². The van der Waals surface area contributed by atoms with Crippen molar-refractivity contribution < 1.29 is 14.0 Å². The highest BCUT2D eigenvalue weighted by Gasteiger charge is 2.25. The van der Waals surface area contributed by atoms with Crippen LogP contribution in [-0.4, -0.2) is 53.6 Å². The van der Waals surface area contributed by atoms with Crippen LogP contribution in [0.5, 0.6) is 0 Å². The van der Waals surface area contributed by atoms with Crippen LogP contribution in [0.1, 0.15) is 44.3 Å². The second-order valence-electron chi connectivity index (χ2n) is 5.92. The number of nitrogens with zero attached hydrogens (tertiary/aromatic N) is 3. The first-order chi connectivity index (χ1) is 10.3. The molecule has 1 aromatic heterocycles. The van der Waals surface area contributed by atoms with E-state index in [4.69, 9.17) is 14.0 Å². The molecule has 2 fully saturated rings. The molecule has 0 N–H and O–H groups in total. The van der Waals surface area contributed by atoms with E-state index < -0.39 is 0 Å². The molecule has 0 spiro atoms. The molecule has 3 rings (SSSR count). The van der Waals surface area contributed by atoms with E-state index in [1.807, 2.05) is 6.92 Å². The lowest BCUT2D eigenvalue weighted by Gasteiger charge is -2.26. The predicted molar refractivity (Wildman–Crippen MR) is 76.9 cm³/mol. The highest BCUT2D eigenvalue weighted by atomic mass is 16.5. The SMILES string of the molecule is CCc1noc(CN(C[C@@H]2CCCO2)C[C@@H]2CCCO2)n1. The first-order valence-electron chi connectivity index (χ1n) is 8.10. The summed E-state index contributed by atoms with van der Waals surface area (Å²) < 4.78 is 16.9. The number of aromatic nitrogens is 2. The zero-order chi connectivity index (χ0) is 14.5. The van der Waals surface area contributed by atoms with E-state index in [2.05, 4.69) is 15.0 Å². The molecule has 0 saturated carbocycles. The largest absolute Gasteiger partial charge is 0.377 e. The van der Waals surface area contributed by atoms with E-state index in [1.54, 1.807) is 0 Å². The summed E-state index contributed by atoms with van der Waals surface area (Å²) in [5.74, 6) is 1.47. The van der Waals surface area contributed by atoms with Crippen LogP contribution >= 0.6 is 0 Å². The third kappa shape index (κ3) is 4.25. The van der Waals surface area contributed by atoms with Gasteiger partial charge < -0.3 is 14.0 Å². The minimum atomic E-state index is 0.333. The van der Waals surface area contributed by atoms with Gasteiger partial charge in [0.1, 0.15) is 0 Å². The first kappa shape index (κ1) is 14.9. The number of rotatable bonds is 7. The molecular weight excluding hydrogens is 270 g/mol. The molecule has 6 heteroatoms. The summed E-state index contributed by atoms with van der Waals surface area (Å²) in [4.78, 5) is 6.76. The molecule has 2 saturated heterocycles. The van der Waals surface area contributed by atoms with Gasteiger partial charge in [-0.1, -0.05) is 12.1 Å². The van der Waals surface area contributed by atoms with Gasteiger partial charge in [0.25, 0.3) is 0 Å². The van der Waals surface area contributed by atoms with Crippen LogP contribution in [-0.2, 0) is 22.4 Å². The Bertz CT molecular complexity index is 408. The number of hydrogen-bond donors (Lipinski definition) is 0. The van der Waals surface area contributed by atoms with E-state index >= 15 is 0 Å². The normalized spacial score (nSPS) is 26.0. The van der Waals surface area contributed by atoms with Crippen LogP contribution < -0.4 is 0 Å². The molecular formula is C15H25N3O3. The van der Waals surface area contributed by atoms with E-state index in [-0.39, 0.29) is 0 Å². The maximum atomic E-state index is 5.76. The van der Waals surface area contributed by atoms with Gasteiger partial charge in [-0.05, 0) is 25.7 Å². The summed E-state index contributed by atoms with van der Waals surface area (Å²) >= 11 is 0. The average molecular weight is 295 g/mol. The maximum absolute atomic E-state index is 5.76. The summed E-state index contributed by atoms with van der Waals surface area (Å²) in [6.07, 6.45) is 6.09. The van der Waals surface area contributed by atoms with E-state index in [1.165, 1.54) is 12.8 Å². The molecule has 21 heavy (non-hydrogen) atoms. The monoisotopic (exact) mass is 295 g/mol. The second-order valence-corrected chi connectivity index (χ2v) is 5.92. The quantitative estimate of drug-likeness (QED) is 0.764. The number of aryl methyl sites for hydroxylation is 1. The minimum Gasteiger partial charge on any atom is -0.377 e. The smallest absolute Gasteiger partial charge is 0.240 e. The number of hydrogen-bond acceptors (Lipinski definition) is 6. The molecule has 6 nitrogen and oxygen atoms in total. The highest BCUT2D eigenvalue weighted by Crippen LogP contribution is 2.18. The molecule has 2 aliphatic rings. The van der Waals surface area contributed by atoms with Gasteiger partial charge >= 0.3 is 0 Å². The summed E-state index contributed by atoms with van der Waals surface area (Å²) in [5, 5.41) is 3.98. The van der Waals surface area contributed by atoms with Crippen molar-refractivity contribution in [2.45, 2.75) is 57.8 Å². The summed E-state index contributed by atoms with van der Waals surface area (Å²) in [5.41, 5.74) is 0. The molecule has 2 aliphatic heterocycles. The van der Waals surface area contributed by atoms with Gasteiger partial charge in [-0.15, -0.1) is 0 Å². The lowest BCUT2D eigenvalue weighted by atomic mass is 10.2. The lowest BCUT2D eigenvalue weighted by Crippen LogP contribution is -2.37. The highest BCUT2D eigenvalue weighted by molar-refractivity contribution is 4.87. The first-order valence-corrected chi connectivity index (χ1v) is 8.10. The Hall–Kier alpha value is -0.980. The lowest BCUT2D eigenvalue weighted by molar-refractivity contribution is 0.0309. The molecule has 0 amide bonds. The van der Waals surface area contributed by atoms with Crippen LogP contribution in [0.4, 0.5) is 0 Å². The summed E-state index contributed by atoms with van der Waals surface area (Å²) in [6, 6.07) is 0. The van der Waals surface area contributed by atoms with Gasteiger partial charge in [0.2, 0.25) is 5.89 Å². The Balaban J connectivity index is 1.58.